The lowest BCUT2D eigenvalue weighted by Crippen LogP contribution is -2.47. The molecule has 1 atom stereocenters. The van der Waals surface area contributed by atoms with E-state index in [1.165, 1.54) is 11.8 Å². The summed E-state index contributed by atoms with van der Waals surface area (Å²) in [6, 6.07) is 9.98. The van der Waals surface area contributed by atoms with Crippen molar-refractivity contribution < 1.29 is 4.79 Å². The molecule has 8 heteroatoms. The van der Waals surface area contributed by atoms with Crippen molar-refractivity contribution in [2.75, 3.05) is 5.75 Å². The lowest BCUT2D eigenvalue weighted by atomic mass is 9.98. The molecule has 1 aliphatic rings. The van der Waals surface area contributed by atoms with Crippen molar-refractivity contribution in [3.8, 4) is 6.07 Å². The van der Waals surface area contributed by atoms with Crippen LogP contribution in [-0.4, -0.2) is 36.8 Å². The Kier molecular flexibility index (Phi) is 4.04. The van der Waals surface area contributed by atoms with Crippen LogP contribution < -0.4 is 5.32 Å². The second-order valence-corrected chi connectivity index (χ2v) is 7.67. The third kappa shape index (κ3) is 2.99. The zero-order chi connectivity index (χ0) is 18.3. The number of rotatable bonds is 5. The summed E-state index contributed by atoms with van der Waals surface area (Å²) in [5.41, 5.74) is 0.763. The summed E-state index contributed by atoms with van der Waals surface area (Å²) in [5.74, 6) is 0.902. The smallest absolute Gasteiger partial charge is 0.231 e. The number of nitrogens with one attached hydrogen (secondary N) is 1. The molecule has 0 radical (unpaired) electrons. The van der Waals surface area contributed by atoms with Crippen LogP contribution in [0.15, 0.2) is 29.4 Å². The molecule has 7 nitrogen and oxygen atoms in total. The van der Waals surface area contributed by atoms with Gasteiger partial charge in [0.1, 0.15) is 11.4 Å². The summed E-state index contributed by atoms with van der Waals surface area (Å²) in [6.07, 6.45) is 1.98. The maximum absolute atomic E-state index is 12.4. The van der Waals surface area contributed by atoms with E-state index < -0.39 is 5.54 Å². The first kappa shape index (κ1) is 16.8. The van der Waals surface area contributed by atoms with Gasteiger partial charge in [-0.05, 0) is 44.7 Å². The molecule has 1 fully saturated rings. The van der Waals surface area contributed by atoms with Crippen molar-refractivity contribution in [2.24, 2.45) is 5.92 Å². The molecule has 0 saturated heterocycles. The molecule has 3 aromatic rings. The highest BCUT2D eigenvalue weighted by Gasteiger charge is 2.42. The lowest BCUT2D eigenvalue weighted by Gasteiger charge is -2.22. The highest BCUT2D eigenvalue weighted by molar-refractivity contribution is 7.99. The lowest BCUT2D eigenvalue weighted by molar-refractivity contribution is -0.119. The number of hydrogen-bond acceptors (Lipinski definition) is 6. The molecule has 1 aliphatic carbocycles. The van der Waals surface area contributed by atoms with Gasteiger partial charge < -0.3 is 5.32 Å². The standard InChI is InChI=1S/C18H18N6OS/c1-11-20-16-13-5-3-4-6-14(13)21-17(24(16)23-11)26-9-15(25)22-18(2,10-19)12-7-8-12/h3-6,12H,7-9H2,1-2H3,(H,22,25). The number of aryl methyl sites for hydroxylation is 1. The molecule has 0 aliphatic heterocycles. The zero-order valence-electron chi connectivity index (χ0n) is 14.6. The van der Waals surface area contributed by atoms with Crippen LogP contribution in [0.25, 0.3) is 16.6 Å². The fourth-order valence-electron chi connectivity index (χ4n) is 3.06. The van der Waals surface area contributed by atoms with Gasteiger partial charge in [0.05, 0.1) is 17.3 Å². The number of thioether (sulfide) groups is 1. The molecular weight excluding hydrogens is 348 g/mol. The fourth-order valence-corrected chi connectivity index (χ4v) is 3.81. The Morgan fingerprint density at radius 3 is 2.92 bits per heavy atom. The molecular formula is C18H18N6OS. The third-order valence-electron chi connectivity index (χ3n) is 4.61. The van der Waals surface area contributed by atoms with Crippen molar-refractivity contribution in [3.05, 3.63) is 30.1 Å². The topological polar surface area (TPSA) is 96.0 Å². The Hall–Kier alpha value is -2.66. The Morgan fingerprint density at radius 1 is 1.42 bits per heavy atom. The minimum Gasteiger partial charge on any atom is -0.337 e. The summed E-state index contributed by atoms with van der Waals surface area (Å²) in [7, 11) is 0. The van der Waals surface area contributed by atoms with Crippen LogP contribution in [0.2, 0.25) is 0 Å². The van der Waals surface area contributed by atoms with Gasteiger partial charge in [0.15, 0.2) is 10.8 Å². The number of para-hydroxylation sites is 1. The van der Waals surface area contributed by atoms with E-state index >= 15 is 0 Å². The summed E-state index contributed by atoms with van der Waals surface area (Å²) in [6.45, 7) is 3.62. The van der Waals surface area contributed by atoms with Crippen LogP contribution in [0.3, 0.4) is 0 Å². The Labute approximate surface area is 154 Å². The van der Waals surface area contributed by atoms with E-state index in [9.17, 15) is 10.1 Å². The van der Waals surface area contributed by atoms with Gasteiger partial charge in [0.2, 0.25) is 5.91 Å². The van der Waals surface area contributed by atoms with Crippen LogP contribution >= 0.6 is 11.8 Å². The van der Waals surface area contributed by atoms with Crippen LogP contribution in [0.4, 0.5) is 0 Å². The van der Waals surface area contributed by atoms with E-state index in [0.29, 0.717) is 11.0 Å². The van der Waals surface area contributed by atoms with Crippen LogP contribution in [0.5, 0.6) is 0 Å². The number of carbonyl (C=O) groups excluding carboxylic acids is 1. The number of amides is 1. The van der Waals surface area contributed by atoms with Gasteiger partial charge in [-0.15, -0.1) is 5.10 Å². The van der Waals surface area contributed by atoms with Gasteiger partial charge in [-0.25, -0.2) is 9.97 Å². The molecule has 0 bridgehead atoms. The number of nitrogens with zero attached hydrogens (tertiary/aromatic N) is 5. The van der Waals surface area contributed by atoms with Crippen molar-refractivity contribution in [1.82, 2.24) is 24.9 Å². The summed E-state index contributed by atoms with van der Waals surface area (Å²) < 4.78 is 1.68. The summed E-state index contributed by atoms with van der Waals surface area (Å²) in [4.78, 5) is 21.5. The maximum Gasteiger partial charge on any atom is 0.231 e. The van der Waals surface area contributed by atoms with Gasteiger partial charge in [0.25, 0.3) is 0 Å². The monoisotopic (exact) mass is 366 g/mol. The molecule has 1 aromatic carbocycles. The first-order valence-corrected chi connectivity index (χ1v) is 9.46. The fraction of sp³-hybridized carbons (Fsp3) is 0.389. The van der Waals surface area contributed by atoms with Crippen LogP contribution in [0, 0.1) is 24.2 Å². The molecule has 132 valence electrons. The minimum atomic E-state index is -0.784. The average molecular weight is 366 g/mol. The highest BCUT2D eigenvalue weighted by Crippen LogP contribution is 2.39. The number of benzene rings is 1. The molecule has 26 heavy (non-hydrogen) atoms. The van der Waals surface area contributed by atoms with Gasteiger partial charge in [-0.2, -0.15) is 9.78 Å². The predicted molar refractivity (Wildman–Crippen MR) is 98.6 cm³/mol. The molecule has 1 saturated carbocycles. The quantitative estimate of drug-likeness (QED) is 0.550. The Balaban J connectivity index is 1.58. The maximum atomic E-state index is 12.4. The third-order valence-corrected chi connectivity index (χ3v) is 5.54. The van der Waals surface area contributed by atoms with E-state index in [4.69, 9.17) is 0 Å². The van der Waals surface area contributed by atoms with Gasteiger partial charge in [0, 0.05) is 5.39 Å². The largest absolute Gasteiger partial charge is 0.337 e. The molecule has 4 rings (SSSR count). The van der Waals surface area contributed by atoms with Crippen LogP contribution in [0.1, 0.15) is 25.6 Å². The zero-order valence-corrected chi connectivity index (χ0v) is 15.4. The van der Waals surface area contributed by atoms with E-state index in [1.807, 2.05) is 31.2 Å². The summed E-state index contributed by atoms with van der Waals surface area (Å²) >= 11 is 1.30. The number of hydrogen-bond donors (Lipinski definition) is 1. The average Bonchev–Trinajstić information content (AvgIpc) is 3.41. The first-order valence-electron chi connectivity index (χ1n) is 8.47. The SMILES string of the molecule is Cc1nc2c3ccccc3nc(SCC(=O)NC(C)(C#N)C3CC3)n2n1. The van der Waals surface area contributed by atoms with E-state index in [-0.39, 0.29) is 17.6 Å². The number of fused-ring (bicyclic) bond motifs is 3. The first-order chi connectivity index (χ1) is 12.5. The second-order valence-electron chi connectivity index (χ2n) is 6.73. The molecule has 1 unspecified atom stereocenters. The Bertz CT molecular complexity index is 1050. The molecule has 1 amide bonds. The number of nitriles is 1. The van der Waals surface area contributed by atoms with Crippen molar-refractivity contribution in [2.45, 2.75) is 37.4 Å². The van der Waals surface area contributed by atoms with Gasteiger partial charge in [-0.3, -0.25) is 4.79 Å². The van der Waals surface area contributed by atoms with Crippen molar-refractivity contribution in [1.29, 1.82) is 5.26 Å². The van der Waals surface area contributed by atoms with Gasteiger partial charge in [-0.1, -0.05) is 23.9 Å². The molecule has 2 heterocycles. The molecule has 2 aromatic heterocycles. The van der Waals surface area contributed by atoms with E-state index in [1.54, 1.807) is 11.4 Å². The minimum absolute atomic E-state index is 0.170. The number of aromatic nitrogens is 4. The van der Waals surface area contributed by atoms with Gasteiger partial charge >= 0.3 is 0 Å². The highest BCUT2D eigenvalue weighted by atomic mass is 32.2. The molecule has 1 N–H and O–H groups in total. The normalized spacial score (nSPS) is 16.3. The second kappa shape index (κ2) is 6.25. The Morgan fingerprint density at radius 2 is 2.19 bits per heavy atom. The van der Waals surface area contributed by atoms with Crippen LogP contribution in [-0.2, 0) is 4.79 Å². The predicted octanol–water partition coefficient (Wildman–Crippen LogP) is 2.49. The van der Waals surface area contributed by atoms with E-state index in [2.05, 4.69) is 26.5 Å². The van der Waals surface area contributed by atoms with E-state index in [0.717, 1.165) is 29.4 Å². The molecule has 0 spiro atoms. The van der Waals surface area contributed by atoms with Crippen molar-refractivity contribution >= 4 is 34.2 Å². The van der Waals surface area contributed by atoms with Crippen molar-refractivity contribution in [3.63, 3.8) is 0 Å². The number of carbonyl (C=O) groups is 1. The summed E-state index contributed by atoms with van der Waals surface area (Å²) in [5, 5.41) is 18.2.